The third-order valence-corrected chi connectivity index (χ3v) is 3.22. The highest BCUT2D eigenvalue weighted by Gasteiger charge is 2.11. The fourth-order valence-electron chi connectivity index (χ4n) is 1.43. The molecule has 0 aliphatic rings. The molecular weight excluding hydrogens is 278 g/mol. The predicted molar refractivity (Wildman–Crippen MR) is 72.6 cm³/mol. The lowest BCUT2D eigenvalue weighted by Crippen LogP contribution is -2.12. The van der Waals surface area contributed by atoms with Gasteiger partial charge < -0.3 is 4.74 Å². The average Bonchev–Trinajstić information content (AvgIpc) is 2.94. The minimum atomic E-state index is -0.462. The number of hydrogen-bond donors (Lipinski definition) is 1. The van der Waals surface area contributed by atoms with Gasteiger partial charge in [0.05, 0.1) is 18.9 Å². The lowest BCUT2D eigenvalue weighted by atomic mass is 10.1. The SMILES string of the molecule is COC(=O)c1ccc(C(=O)Nc2ncc(C#N)s2)cc1. The molecular formula is C13H9N3O3S. The Kier molecular flexibility index (Phi) is 4.08. The van der Waals surface area contributed by atoms with Gasteiger partial charge in [0.25, 0.3) is 5.91 Å². The number of nitriles is 1. The van der Waals surface area contributed by atoms with Crippen molar-refractivity contribution >= 4 is 28.3 Å². The summed E-state index contributed by atoms with van der Waals surface area (Å²) in [6.45, 7) is 0. The molecule has 1 aromatic carbocycles. The first-order valence-corrected chi connectivity index (χ1v) is 6.31. The van der Waals surface area contributed by atoms with Gasteiger partial charge in [0.1, 0.15) is 10.9 Å². The van der Waals surface area contributed by atoms with Gasteiger partial charge in [0.15, 0.2) is 5.13 Å². The number of aromatic nitrogens is 1. The Hall–Kier alpha value is -2.72. The maximum Gasteiger partial charge on any atom is 0.337 e. The van der Waals surface area contributed by atoms with Crippen molar-refractivity contribution in [1.82, 2.24) is 4.98 Å². The molecule has 1 N–H and O–H groups in total. The Morgan fingerprint density at radius 2 is 1.95 bits per heavy atom. The van der Waals surface area contributed by atoms with Gasteiger partial charge in [-0.15, -0.1) is 0 Å². The van der Waals surface area contributed by atoms with Crippen LogP contribution in [0, 0.1) is 11.3 Å². The monoisotopic (exact) mass is 287 g/mol. The number of benzene rings is 1. The Bertz CT molecular complexity index is 686. The zero-order valence-electron chi connectivity index (χ0n) is 10.4. The molecule has 1 heterocycles. The van der Waals surface area contributed by atoms with E-state index in [1.54, 1.807) is 0 Å². The van der Waals surface area contributed by atoms with E-state index in [1.165, 1.54) is 37.6 Å². The number of carbonyl (C=O) groups is 2. The molecule has 7 heteroatoms. The molecule has 0 atom stereocenters. The summed E-state index contributed by atoms with van der Waals surface area (Å²) in [5.41, 5.74) is 0.747. The number of nitrogens with zero attached hydrogens (tertiary/aromatic N) is 2. The highest BCUT2D eigenvalue weighted by molar-refractivity contribution is 7.16. The van der Waals surface area contributed by atoms with Crippen molar-refractivity contribution in [3.05, 3.63) is 46.5 Å². The van der Waals surface area contributed by atoms with Crippen molar-refractivity contribution in [1.29, 1.82) is 5.26 Å². The summed E-state index contributed by atoms with van der Waals surface area (Å²) >= 11 is 1.09. The summed E-state index contributed by atoms with van der Waals surface area (Å²) in [6, 6.07) is 7.98. The fourth-order valence-corrected chi connectivity index (χ4v) is 2.04. The minimum Gasteiger partial charge on any atom is -0.465 e. The highest BCUT2D eigenvalue weighted by Crippen LogP contribution is 2.18. The fraction of sp³-hybridized carbons (Fsp3) is 0.0769. The maximum atomic E-state index is 11.9. The van der Waals surface area contributed by atoms with Crippen molar-refractivity contribution in [3.8, 4) is 6.07 Å². The molecule has 20 heavy (non-hydrogen) atoms. The summed E-state index contributed by atoms with van der Waals surface area (Å²) in [4.78, 5) is 27.5. The number of anilines is 1. The molecule has 1 amide bonds. The van der Waals surface area contributed by atoms with E-state index in [9.17, 15) is 9.59 Å². The zero-order valence-corrected chi connectivity index (χ0v) is 11.2. The molecule has 2 aromatic rings. The van der Waals surface area contributed by atoms with Gasteiger partial charge >= 0.3 is 5.97 Å². The van der Waals surface area contributed by atoms with E-state index >= 15 is 0 Å². The van der Waals surface area contributed by atoms with Crippen molar-refractivity contribution in [2.24, 2.45) is 0 Å². The van der Waals surface area contributed by atoms with Crippen LogP contribution in [0.5, 0.6) is 0 Å². The van der Waals surface area contributed by atoms with Crippen LogP contribution in [0.3, 0.4) is 0 Å². The summed E-state index contributed by atoms with van der Waals surface area (Å²) < 4.78 is 4.57. The van der Waals surface area contributed by atoms with Crippen LogP contribution in [0.1, 0.15) is 25.6 Å². The third kappa shape index (κ3) is 2.99. The predicted octanol–water partition coefficient (Wildman–Crippen LogP) is 2.05. The van der Waals surface area contributed by atoms with E-state index in [0.29, 0.717) is 21.1 Å². The van der Waals surface area contributed by atoms with Crippen LogP contribution in [-0.2, 0) is 4.74 Å². The molecule has 100 valence electrons. The molecule has 0 saturated heterocycles. The van der Waals surface area contributed by atoms with Gasteiger partial charge in [-0.25, -0.2) is 9.78 Å². The topological polar surface area (TPSA) is 92.1 Å². The number of hydrogen-bond acceptors (Lipinski definition) is 6. The maximum absolute atomic E-state index is 11.9. The number of esters is 1. The van der Waals surface area contributed by atoms with E-state index in [4.69, 9.17) is 5.26 Å². The molecule has 0 unspecified atom stereocenters. The average molecular weight is 287 g/mol. The van der Waals surface area contributed by atoms with Crippen LogP contribution in [0.2, 0.25) is 0 Å². The summed E-state index contributed by atoms with van der Waals surface area (Å²) in [6.07, 6.45) is 1.39. The molecule has 6 nitrogen and oxygen atoms in total. The van der Waals surface area contributed by atoms with Gasteiger partial charge in [-0.3, -0.25) is 10.1 Å². The number of nitrogens with one attached hydrogen (secondary N) is 1. The normalized spacial score (nSPS) is 9.60. The summed E-state index contributed by atoms with van der Waals surface area (Å²) in [5.74, 6) is -0.823. The number of carbonyl (C=O) groups excluding carboxylic acids is 2. The summed E-state index contributed by atoms with van der Waals surface area (Å²) in [5, 5.41) is 11.6. The molecule has 0 radical (unpaired) electrons. The van der Waals surface area contributed by atoms with Crippen LogP contribution in [0.15, 0.2) is 30.5 Å². The van der Waals surface area contributed by atoms with Gasteiger partial charge in [-0.05, 0) is 24.3 Å². The van der Waals surface area contributed by atoms with E-state index in [2.05, 4.69) is 15.0 Å². The van der Waals surface area contributed by atoms with E-state index in [-0.39, 0.29) is 5.91 Å². The molecule has 2 rings (SSSR count). The van der Waals surface area contributed by atoms with E-state index < -0.39 is 5.97 Å². The van der Waals surface area contributed by atoms with Crippen LogP contribution >= 0.6 is 11.3 Å². The molecule has 0 fully saturated rings. The largest absolute Gasteiger partial charge is 0.465 e. The van der Waals surface area contributed by atoms with Crippen LogP contribution in [0.4, 0.5) is 5.13 Å². The standard InChI is InChI=1S/C13H9N3O3S/c1-19-12(18)9-4-2-8(3-5-9)11(17)16-13-15-7-10(6-14)20-13/h2-5,7H,1H3,(H,15,16,17). The minimum absolute atomic E-state index is 0.351. The number of methoxy groups -OCH3 is 1. The quantitative estimate of drug-likeness (QED) is 0.872. The first-order valence-electron chi connectivity index (χ1n) is 5.49. The molecule has 0 aliphatic heterocycles. The number of ether oxygens (including phenoxy) is 1. The Morgan fingerprint density at radius 3 is 2.50 bits per heavy atom. The van der Waals surface area contributed by atoms with E-state index in [0.717, 1.165) is 11.3 Å². The first-order chi connectivity index (χ1) is 9.63. The Balaban J connectivity index is 2.09. The second kappa shape index (κ2) is 5.95. The van der Waals surface area contributed by atoms with Gasteiger partial charge in [0, 0.05) is 5.56 Å². The second-order valence-electron chi connectivity index (χ2n) is 3.66. The van der Waals surface area contributed by atoms with Gasteiger partial charge in [-0.1, -0.05) is 11.3 Å². The zero-order chi connectivity index (χ0) is 14.5. The lowest BCUT2D eigenvalue weighted by molar-refractivity contribution is 0.0600. The van der Waals surface area contributed by atoms with Crippen molar-refractivity contribution < 1.29 is 14.3 Å². The van der Waals surface area contributed by atoms with Crippen LogP contribution in [-0.4, -0.2) is 24.0 Å². The van der Waals surface area contributed by atoms with Crippen molar-refractivity contribution in [2.45, 2.75) is 0 Å². The number of rotatable bonds is 3. The first kappa shape index (κ1) is 13.7. The van der Waals surface area contributed by atoms with Crippen LogP contribution < -0.4 is 5.32 Å². The van der Waals surface area contributed by atoms with E-state index in [1.807, 2.05) is 6.07 Å². The van der Waals surface area contributed by atoms with Crippen molar-refractivity contribution in [2.75, 3.05) is 12.4 Å². The second-order valence-corrected chi connectivity index (χ2v) is 4.70. The molecule has 0 aliphatic carbocycles. The lowest BCUT2D eigenvalue weighted by Gasteiger charge is -2.03. The van der Waals surface area contributed by atoms with Crippen molar-refractivity contribution in [3.63, 3.8) is 0 Å². The van der Waals surface area contributed by atoms with Crippen LogP contribution in [0.25, 0.3) is 0 Å². The number of amides is 1. The van der Waals surface area contributed by atoms with Gasteiger partial charge in [-0.2, -0.15) is 5.26 Å². The highest BCUT2D eigenvalue weighted by atomic mass is 32.1. The third-order valence-electron chi connectivity index (χ3n) is 2.40. The molecule has 0 bridgehead atoms. The smallest absolute Gasteiger partial charge is 0.337 e. The summed E-state index contributed by atoms with van der Waals surface area (Å²) in [7, 11) is 1.29. The van der Waals surface area contributed by atoms with Gasteiger partial charge in [0.2, 0.25) is 0 Å². The Morgan fingerprint density at radius 1 is 1.30 bits per heavy atom. The number of thiazole rings is 1. The molecule has 0 saturated carbocycles. The molecule has 0 spiro atoms. The molecule has 1 aromatic heterocycles. The Labute approximate surface area is 118 Å².